The summed E-state index contributed by atoms with van der Waals surface area (Å²) >= 11 is 0. The van der Waals surface area contributed by atoms with E-state index in [1.807, 2.05) is 0 Å². The average Bonchev–Trinajstić information content (AvgIpc) is 2.99. The smallest absolute Gasteiger partial charge is 0.0837 e. The Morgan fingerprint density at radius 1 is 1.00 bits per heavy atom. The van der Waals surface area contributed by atoms with Crippen LogP contribution in [-0.4, -0.2) is 21.9 Å². The van der Waals surface area contributed by atoms with E-state index in [1.165, 1.54) is 50.5 Å². The van der Waals surface area contributed by atoms with Crippen LogP contribution in [0, 0.1) is 40.4 Å². The van der Waals surface area contributed by atoms with Crippen LogP contribution < -0.4 is 0 Å². The molecule has 30 heavy (non-hydrogen) atoms. The number of aliphatic hydroxyl groups excluding tert-OH is 1. The van der Waals surface area contributed by atoms with Gasteiger partial charge in [-0.05, 0) is 104 Å². The van der Waals surface area contributed by atoms with Crippen LogP contribution >= 0.6 is 0 Å². The van der Waals surface area contributed by atoms with E-state index in [1.54, 1.807) is 5.57 Å². The quantitative estimate of drug-likeness (QED) is 0.479. The normalized spacial score (nSPS) is 47.1. The van der Waals surface area contributed by atoms with E-state index in [-0.39, 0.29) is 11.5 Å². The molecule has 0 unspecified atom stereocenters. The summed E-state index contributed by atoms with van der Waals surface area (Å²) in [5.41, 5.74) is 2.96. The summed E-state index contributed by atoms with van der Waals surface area (Å²) in [6, 6.07) is 0. The summed E-state index contributed by atoms with van der Waals surface area (Å²) in [5.74, 6) is 3.41. The molecule has 2 heteroatoms. The number of hydrogen-bond acceptors (Lipinski definition) is 2. The van der Waals surface area contributed by atoms with E-state index < -0.39 is 5.60 Å². The van der Waals surface area contributed by atoms with Gasteiger partial charge < -0.3 is 10.2 Å². The molecule has 0 amide bonds. The minimum Gasteiger partial charge on any atom is -0.393 e. The SMILES string of the molecule is CC(C)CCC[C@@H](C)[C@H]1CC[C@H]2C3=C(CC[C@]12C)[C@@]1(C)CC[C@H](O)C[C@@H]1C[C@]3(C)O. The largest absolute Gasteiger partial charge is 0.393 e. The van der Waals surface area contributed by atoms with Gasteiger partial charge in [-0.1, -0.05) is 59.5 Å². The van der Waals surface area contributed by atoms with E-state index in [0.717, 1.165) is 43.4 Å². The predicted molar refractivity (Wildman–Crippen MR) is 125 cm³/mol. The number of allylic oxidation sites excluding steroid dienone is 1. The van der Waals surface area contributed by atoms with E-state index in [9.17, 15) is 10.2 Å². The van der Waals surface area contributed by atoms with Gasteiger partial charge in [0, 0.05) is 0 Å². The van der Waals surface area contributed by atoms with Crippen molar-refractivity contribution in [2.45, 2.75) is 124 Å². The average molecular weight is 417 g/mol. The molecule has 2 fully saturated rings. The monoisotopic (exact) mass is 416 g/mol. The zero-order valence-electron chi connectivity index (χ0n) is 20.6. The molecular weight excluding hydrogens is 368 g/mol. The van der Waals surface area contributed by atoms with Gasteiger partial charge in [0.1, 0.15) is 0 Å². The van der Waals surface area contributed by atoms with Crippen LogP contribution in [0.2, 0.25) is 0 Å². The van der Waals surface area contributed by atoms with Crippen molar-refractivity contribution in [2.24, 2.45) is 40.4 Å². The van der Waals surface area contributed by atoms with Gasteiger partial charge in [0.05, 0.1) is 11.7 Å². The Morgan fingerprint density at radius 3 is 2.43 bits per heavy atom. The fourth-order valence-corrected chi connectivity index (χ4v) is 8.79. The van der Waals surface area contributed by atoms with Crippen molar-refractivity contribution in [3.8, 4) is 0 Å². The maximum Gasteiger partial charge on any atom is 0.0837 e. The Bertz CT molecular complexity index is 676. The van der Waals surface area contributed by atoms with Crippen LogP contribution in [0.4, 0.5) is 0 Å². The van der Waals surface area contributed by atoms with Crippen molar-refractivity contribution in [3.05, 3.63) is 11.1 Å². The molecule has 172 valence electrons. The molecule has 0 aromatic rings. The van der Waals surface area contributed by atoms with Gasteiger partial charge in [-0.15, -0.1) is 0 Å². The molecule has 0 heterocycles. The topological polar surface area (TPSA) is 40.5 Å². The van der Waals surface area contributed by atoms with Crippen LogP contribution in [0.1, 0.15) is 112 Å². The second-order valence-electron chi connectivity index (χ2n) is 13.0. The predicted octanol–water partition coefficient (Wildman–Crippen LogP) is 6.89. The number of hydrogen-bond donors (Lipinski definition) is 2. The molecule has 0 saturated heterocycles. The third kappa shape index (κ3) is 3.62. The van der Waals surface area contributed by atoms with E-state index in [4.69, 9.17) is 0 Å². The Kier molecular flexibility index (Phi) is 6.02. The van der Waals surface area contributed by atoms with Crippen molar-refractivity contribution in [3.63, 3.8) is 0 Å². The molecule has 0 radical (unpaired) electrons. The lowest BCUT2D eigenvalue weighted by Gasteiger charge is -2.58. The maximum atomic E-state index is 11.8. The van der Waals surface area contributed by atoms with Gasteiger partial charge >= 0.3 is 0 Å². The number of aliphatic hydroxyl groups is 2. The van der Waals surface area contributed by atoms with Gasteiger partial charge in [-0.2, -0.15) is 0 Å². The second kappa shape index (κ2) is 7.91. The van der Waals surface area contributed by atoms with Crippen LogP contribution in [0.3, 0.4) is 0 Å². The van der Waals surface area contributed by atoms with Gasteiger partial charge in [-0.3, -0.25) is 0 Å². The standard InChI is InChI=1S/C28H48O2/c1-18(2)8-7-9-19(3)22-10-11-23-25-24(13-15-27(22,23)5)26(4)14-12-21(29)16-20(26)17-28(25,6)30/h18-23,29-30H,7-17H2,1-6H3/t19-,20-,21+,22-,23+,26+,27-,28+/m1/s1. The molecule has 2 N–H and O–H groups in total. The van der Waals surface area contributed by atoms with Gasteiger partial charge in [0.15, 0.2) is 0 Å². The van der Waals surface area contributed by atoms with Gasteiger partial charge in [0.2, 0.25) is 0 Å². The summed E-state index contributed by atoms with van der Waals surface area (Å²) < 4.78 is 0. The number of fused-ring (bicyclic) bond motifs is 4. The van der Waals surface area contributed by atoms with Crippen LogP contribution in [0.25, 0.3) is 0 Å². The molecule has 4 aliphatic carbocycles. The molecule has 0 bridgehead atoms. The molecular formula is C28H48O2. The highest BCUT2D eigenvalue weighted by Crippen LogP contribution is 2.67. The fraction of sp³-hybridized carbons (Fsp3) is 0.929. The highest BCUT2D eigenvalue weighted by molar-refractivity contribution is 5.40. The molecule has 0 aliphatic heterocycles. The van der Waals surface area contributed by atoms with Crippen molar-refractivity contribution >= 4 is 0 Å². The Labute approximate surface area is 185 Å². The Hall–Kier alpha value is -0.340. The molecule has 8 atom stereocenters. The number of rotatable bonds is 5. The van der Waals surface area contributed by atoms with Crippen molar-refractivity contribution in [2.75, 3.05) is 0 Å². The molecule has 0 spiro atoms. The highest BCUT2D eigenvalue weighted by Gasteiger charge is 2.60. The first-order chi connectivity index (χ1) is 14.0. The lowest BCUT2D eigenvalue weighted by Crippen LogP contribution is -2.53. The third-order valence-corrected chi connectivity index (χ3v) is 10.5. The first-order valence-electron chi connectivity index (χ1n) is 13.1. The zero-order chi connectivity index (χ0) is 21.9. The summed E-state index contributed by atoms with van der Waals surface area (Å²) in [6.45, 7) is 14.4. The Balaban J connectivity index is 1.62. The zero-order valence-corrected chi connectivity index (χ0v) is 20.6. The summed E-state index contributed by atoms with van der Waals surface area (Å²) in [5, 5.41) is 22.1. The fourth-order valence-electron chi connectivity index (χ4n) is 8.79. The van der Waals surface area contributed by atoms with Crippen molar-refractivity contribution in [1.82, 2.24) is 0 Å². The van der Waals surface area contributed by atoms with Gasteiger partial charge in [-0.25, -0.2) is 0 Å². The highest BCUT2D eigenvalue weighted by atomic mass is 16.3. The minimum atomic E-state index is -0.682. The summed E-state index contributed by atoms with van der Waals surface area (Å²) in [4.78, 5) is 0. The summed E-state index contributed by atoms with van der Waals surface area (Å²) in [6.07, 6.45) is 12.8. The molecule has 4 aliphatic rings. The van der Waals surface area contributed by atoms with E-state index in [2.05, 4.69) is 41.5 Å². The van der Waals surface area contributed by atoms with E-state index >= 15 is 0 Å². The lowest BCUT2D eigenvalue weighted by molar-refractivity contribution is -0.0509. The molecule has 2 saturated carbocycles. The third-order valence-electron chi connectivity index (χ3n) is 10.5. The van der Waals surface area contributed by atoms with Crippen LogP contribution in [0.15, 0.2) is 11.1 Å². The molecule has 4 rings (SSSR count). The first kappa shape index (κ1) is 22.8. The molecule has 0 aromatic heterocycles. The molecule has 2 nitrogen and oxygen atoms in total. The second-order valence-corrected chi connectivity index (χ2v) is 13.0. The van der Waals surface area contributed by atoms with Crippen molar-refractivity contribution in [1.29, 1.82) is 0 Å². The first-order valence-corrected chi connectivity index (χ1v) is 13.1. The van der Waals surface area contributed by atoms with Gasteiger partial charge in [0.25, 0.3) is 0 Å². The van der Waals surface area contributed by atoms with Crippen LogP contribution in [-0.2, 0) is 0 Å². The minimum absolute atomic E-state index is 0.169. The van der Waals surface area contributed by atoms with E-state index in [0.29, 0.717) is 17.3 Å². The maximum absolute atomic E-state index is 11.8. The Morgan fingerprint density at radius 2 is 1.73 bits per heavy atom. The lowest BCUT2D eigenvalue weighted by atomic mass is 9.47. The summed E-state index contributed by atoms with van der Waals surface area (Å²) in [7, 11) is 0. The molecule has 0 aromatic carbocycles. The van der Waals surface area contributed by atoms with Crippen LogP contribution in [0.5, 0.6) is 0 Å². The van der Waals surface area contributed by atoms with Crippen molar-refractivity contribution < 1.29 is 10.2 Å².